The van der Waals surface area contributed by atoms with Crippen LogP contribution in [-0.4, -0.2) is 35.1 Å². The molecule has 1 saturated carbocycles. The highest BCUT2D eigenvalue weighted by molar-refractivity contribution is 5.71. The Hall–Kier alpha value is -2.11. The zero-order valence-electron chi connectivity index (χ0n) is 13.1. The van der Waals surface area contributed by atoms with Gasteiger partial charge in [-0.3, -0.25) is 15.0 Å². The molecule has 1 heterocycles. The molecule has 0 unspecified atom stereocenters. The van der Waals surface area contributed by atoms with Crippen LogP contribution in [0.3, 0.4) is 0 Å². The molecule has 0 N–H and O–H groups in total. The number of cyclic esters (lactones) is 1. The zero-order chi connectivity index (χ0) is 16.2. The van der Waals surface area contributed by atoms with Gasteiger partial charge in [0.1, 0.15) is 12.6 Å². The Morgan fingerprint density at radius 3 is 2.57 bits per heavy atom. The van der Waals surface area contributed by atoms with E-state index >= 15 is 0 Å². The minimum atomic E-state index is -0.420. The molecule has 0 aromatic heterocycles. The minimum Gasteiger partial charge on any atom is -0.447 e. The summed E-state index contributed by atoms with van der Waals surface area (Å²) < 4.78 is 5.25. The van der Waals surface area contributed by atoms with E-state index in [1.165, 1.54) is 6.42 Å². The highest BCUT2D eigenvalue weighted by Crippen LogP contribution is 2.36. The van der Waals surface area contributed by atoms with Gasteiger partial charge in [0.25, 0.3) is 0 Å². The molecule has 1 saturated heterocycles. The maximum absolute atomic E-state index is 12.3. The molecule has 124 valence electrons. The number of nitrogens with zero attached hydrogens (tertiary/aromatic N) is 2. The molecule has 2 aliphatic rings. The fourth-order valence-corrected chi connectivity index (χ4v) is 3.87. The van der Waals surface area contributed by atoms with Gasteiger partial charge in [-0.25, -0.2) is 4.79 Å². The molecule has 0 radical (unpaired) electrons. The van der Waals surface area contributed by atoms with Gasteiger partial charge in [0, 0.05) is 4.92 Å². The maximum Gasteiger partial charge on any atom is 0.410 e. The summed E-state index contributed by atoms with van der Waals surface area (Å²) in [6, 6.07) is 9.04. The topological polar surface area (TPSA) is 72.7 Å². The van der Waals surface area contributed by atoms with Crippen LogP contribution in [0.15, 0.2) is 30.3 Å². The molecule has 2 fully saturated rings. The molecule has 0 bridgehead atoms. The number of rotatable bonds is 5. The third kappa shape index (κ3) is 3.46. The highest BCUT2D eigenvalue weighted by Gasteiger charge is 2.44. The van der Waals surface area contributed by atoms with Crippen LogP contribution in [0.2, 0.25) is 0 Å². The highest BCUT2D eigenvalue weighted by atomic mass is 16.6. The molecule has 2 atom stereocenters. The third-order valence-electron chi connectivity index (χ3n) is 4.98. The van der Waals surface area contributed by atoms with Crippen molar-refractivity contribution in [1.82, 2.24) is 4.90 Å². The second-order valence-electron chi connectivity index (χ2n) is 6.39. The number of amides is 1. The molecular weight excluding hydrogens is 296 g/mol. The van der Waals surface area contributed by atoms with Crippen molar-refractivity contribution < 1.29 is 14.5 Å². The SMILES string of the molecule is O=C1OC[C@H](c2ccccc2)N1[C@H](C[N+](=O)[O-])C1CCCCC1. The summed E-state index contributed by atoms with van der Waals surface area (Å²) in [5, 5.41) is 11.2. The molecule has 1 aliphatic carbocycles. The van der Waals surface area contributed by atoms with Crippen molar-refractivity contribution in [3.05, 3.63) is 46.0 Å². The zero-order valence-corrected chi connectivity index (χ0v) is 13.1. The van der Waals surface area contributed by atoms with Gasteiger partial charge < -0.3 is 4.74 Å². The van der Waals surface area contributed by atoms with Crippen LogP contribution in [0.1, 0.15) is 43.7 Å². The van der Waals surface area contributed by atoms with E-state index < -0.39 is 6.09 Å². The van der Waals surface area contributed by atoms with Gasteiger partial charge in [-0.05, 0) is 24.3 Å². The van der Waals surface area contributed by atoms with Crippen LogP contribution in [-0.2, 0) is 4.74 Å². The van der Waals surface area contributed by atoms with E-state index in [1.54, 1.807) is 4.90 Å². The van der Waals surface area contributed by atoms with E-state index in [0.29, 0.717) is 0 Å². The summed E-state index contributed by atoms with van der Waals surface area (Å²) in [5.74, 6) is 0.186. The summed E-state index contributed by atoms with van der Waals surface area (Å²) >= 11 is 0. The first-order chi connectivity index (χ1) is 11.2. The standard InChI is InChI=1S/C17H22N2O4/c20-17-19(16(12-23-17)14-9-5-2-6-10-14)15(11-18(21)22)13-7-3-1-4-8-13/h2,5-6,9-10,13,15-16H,1,3-4,7-8,11-12H2/t15-,16-/m1/s1. The van der Waals surface area contributed by atoms with Crippen molar-refractivity contribution >= 4 is 6.09 Å². The van der Waals surface area contributed by atoms with Gasteiger partial charge in [0.05, 0.1) is 6.04 Å². The fourth-order valence-electron chi connectivity index (χ4n) is 3.87. The molecule has 23 heavy (non-hydrogen) atoms. The van der Waals surface area contributed by atoms with E-state index in [4.69, 9.17) is 4.74 Å². The normalized spacial score (nSPS) is 23.6. The van der Waals surface area contributed by atoms with Crippen molar-refractivity contribution in [2.45, 2.75) is 44.2 Å². The third-order valence-corrected chi connectivity index (χ3v) is 4.98. The number of benzene rings is 1. The largest absolute Gasteiger partial charge is 0.447 e. The Morgan fingerprint density at radius 1 is 1.22 bits per heavy atom. The Bertz CT molecular complexity index is 557. The quantitative estimate of drug-likeness (QED) is 0.616. The molecule has 6 heteroatoms. The lowest BCUT2D eigenvalue weighted by atomic mass is 9.82. The predicted molar refractivity (Wildman–Crippen MR) is 84.6 cm³/mol. The Balaban J connectivity index is 1.88. The van der Waals surface area contributed by atoms with E-state index in [9.17, 15) is 14.9 Å². The summed E-state index contributed by atoms with van der Waals surface area (Å²) in [6.45, 7) is 0.0624. The molecule has 1 amide bonds. The monoisotopic (exact) mass is 318 g/mol. The van der Waals surface area contributed by atoms with E-state index in [0.717, 1.165) is 31.2 Å². The van der Waals surface area contributed by atoms with Gasteiger partial charge in [0.2, 0.25) is 6.54 Å². The number of hydrogen-bond acceptors (Lipinski definition) is 4. The Kier molecular flexibility index (Phi) is 4.79. The molecule has 1 aromatic rings. The van der Waals surface area contributed by atoms with Crippen molar-refractivity contribution in [3.8, 4) is 0 Å². The molecule has 1 aliphatic heterocycles. The summed E-state index contributed by atoms with van der Waals surface area (Å²) in [6.07, 6.45) is 4.81. The van der Waals surface area contributed by atoms with Crippen LogP contribution < -0.4 is 0 Å². The van der Waals surface area contributed by atoms with Crippen LogP contribution in [0.5, 0.6) is 0 Å². The van der Waals surface area contributed by atoms with Crippen molar-refractivity contribution in [3.63, 3.8) is 0 Å². The summed E-state index contributed by atoms with van der Waals surface area (Å²) in [4.78, 5) is 24.8. The van der Waals surface area contributed by atoms with Crippen molar-refractivity contribution in [2.24, 2.45) is 5.92 Å². The van der Waals surface area contributed by atoms with Gasteiger partial charge in [-0.15, -0.1) is 0 Å². The molecular formula is C17H22N2O4. The van der Waals surface area contributed by atoms with E-state index in [2.05, 4.69) is 0 Å². The molecule has 3 rings (SSSR count). The van der Waals surface area contributed by atoms with Crippen LogP contribution in [0, 0.1) is 16.0 Å². The van der Waals surface area contributed by atoms with Crippen LogP contribution in [0.25, 0.3) is 0 Å². The van der Waals surface area contributed by atoms with Crippen LogP contribution >= 0.6 is 0 Å². The first-order valence-electron chi connectivity index (χ1n) is 8.28. The molecule has 6 nitrogen and oxygen atoms in total. The Morgan fingerprint density at radius 2 is 1.91 bits per heavy atom. The predicted octanol–water partition coefficient (Wildman–Crippen LogP) is 3.41. The average molecular weight is 318 g/mol. The lowest BCUT2D eigenvalue weighted by Gasteiger charge is -2.35. The lowest BCUT2D eigenvalue weighted by Crippen LogP contribution is -2.47. The molecule has 1 aromatic carbocycles. The number of carbonyl (C=O) groups excluding carboxylic acids is 1. The smallest absolute Gasteiger partial charge is 0.410 e. The van der Waals surface area contributed by atoms with Gasteiger partial charge in [-0.2, -0.15) is 0 Å². The van der Waals surface area contributed by atoms with E-state index in [1.807, 2.05) is 30.3 Å². The van der Waals surface area contributed by atoms with Crippen LogP contribution in [0.4, 0.5) is 4.79 Å². The van der Waals surface area contributed by atoms with Gasteiger partial charge >= 0.3 is 6.09 Å². The number of nitro groups is 1. The maximum atomic E-state index is 12.3. The number of hydrogen-bond donors (Lipinski definition) is 0. The lowest BCUT2D eigenvalue weighted by molar-refractivity contribution is -0.488. The van der Waals surface area contributed by atoms with Crippen molar-refractivity contribution in [1.29, 1.82) is 0 Å². The minimum absolute atomic E-state index is 0.186. The van der Waals surface area contributed by atoms with E-state index in [-0.39, 0.29) is 36.1 Å². The van der Waals surface area contributed by atoms with Gasteiger partial charge in [-0.1, -0.05) is 49.6 Å². The second kappa shape index (κ2) is 6.98. The Labute approximate surface area is 135 Å². The fraction of sp³-hybridized carbons (Fsp3) is 0.588. The number of carbonyl (C=O) groups is 1. The number of ether oxygens (including phenoxy) is 1. The van der Waals surface area contributed by atoms with Gasteiger partial charge in [0.15, 0.2) is 0 Å². The summed E-state index contributed by atoms with van der Waals surface area (Å²) in [5.41, 5.74) is 0.975. The first-order valence-corrected chi connectivity index (χ1v) is 8.28. The summed E-state index contributed by atoms with van der Waals surface area (Å²) in [7, 11) is 0. The first kappa shape index (κ1) is 15.8. The second-order valence-corrected chi connectivity index (χ2v) is 6.39. The van der Waals surface area contributed by atoms with Crippen molar-refractivity contribution in [2.75, 3.05) is 13.2 Å². The average Bonchev–Trinajstić information content (AvgIpc) is 2.95. The molecule has 0 spiro atoms.